The molecule has 4 rings (SSSR count). The highest BCUT2D eigenvalue weighted by Gasteiger charge is 2.20. The minimum atomic E-state index is 0.104. The second-order valence-electron chi connectivity index (χ2n) is 6.97. The number of imidazole rings is 1. The third kappa shape index (κ3) is 4.42. The monoisotopic (exact) mass is 412 g/mol. The average Bonchev–Trinajstić information content (AvgIpc) is 3.44. The smallest absolute Gasteiger partial charge is 0.231 e. The second kappa shape index (κ2) is 8.65. The fraction of sp³-hybridized carbons (Fsp3) is 0.381. The molecule has 0 saturated heterocycles. The fourth-order valence-corrected chi connectivity index (χ4v) is 4.01. The van der Waals surface area contributed by atoms with Crippen LogP contribution < -0.4 is 14.8 Å². The molecule has 8 heteroatoms. The van der Waals surface area contributed by atoms with Gasteiger partial charge in [0.05, 0.1) is 5.69 Å². The lowest BCUT2D eigenvalue weighted by Crippen LogP contribution is -2.24. The maximum absolute atomic E-state index is 11.6. The number of carbonyl (C=O) groups excluding carboxylic acids is 1. The van der Waals surface area contributed by atoms with E-state index in [9.17, 15) is 4.79 Å². The molecule has 0 unspecified atom stereocenters. The predicted octanol–water partition coefficient (Wildman–Crippen LogP) is 4.09. The first-order valence-corrected chi connectivity index (χ1v) is 10.7. The topological polar surface area (TPSA) is 89.1 Å². The largest absolute Gasteiger partial charge is 0.454 e. The van der Waals surface area contributed by atoms with Gasteiger partial charge in [-0.1, -0.05) is 6.92 Å². The lowest BCUT2D eigenvalue weighted by molar-refractivity contribution is -0.121. The SMILES string of the molecule is CCCC(=O)NCCCc1nc(-c2ccc3c(c2)OCO3)c(-c2nc(C)cs2)[nH]1. The molecule has 1 amide bonds. The van der Waals surface area contributed by atoms with Gasteiger partial charge < -0.3 is 19.8 Å². The third-order valence-electron chi connectivity index (χ3n) is 4.62. The van der Waals surface area contributed by atoms with E-state index in [-0.39, 0.29) is 12.7 Å². The van der Waals surface area contributed by atoms with Gasteiger partial charge in [0.15, 0.2) is 11.5 Å². The Bertz CT molecular complexity index is 1010. The van der Waals surface area contributed by atoms with Crippen LogP contribution in [0.3, 0.4) is 0 Å². The molecule has 2 N–H and O–H groups in total. The molecule has 1 aromatic carbocycles. The molecule has 7 nitrogen and oxygen atoms in total. The highest BCUT2D eigenvalue weighted by atomic mass is 32.1. The molecule has 0 spiro atoms. The molecule has 0 aliphatic carbocycles. The van der Waals surface area contributed by atoms with Crippen LogP contribution in [0, 0.1) is 6.92 Å². The number of thiazole rings is 1. The Morgan fingerprint density at radius 2 is 2.14 bits per heavy atom. The van der Waals surface area contributed by atoms with Gasteiger partial charge >= 0.3 is 0 Å². The summed E-state index contributed by atoms with van der Waals surface area (Å²) in [5.41, 5.74) is 3.70. The van der Waals surface area contributed by atoms with Gasteiger partial charge in [-0.05, 0) is 38.0 Å². The summed E-state index contributed by atoms with van der Waals surface area (Å²) in [5.74, 6) is 2.46. The molecule has 0 bridgehead atoms. The van der Waals surface area contributed by atoms with Crippen molar-refractivity contribution in [1.82, 2.24) is 20.3 Å². The second-order valence-corrected chi connectivity index (χ2v) is 7.83. The summed E-state index contributed by atoms with van der Waals surface area (Å²) in [7, 11) is 0. The van der Waals surface area contributed by atoms with Gasteiger partial charge in [0, 0.05) is 36.0 Å². The fourth-order valence-electron chi connectivity index (χ4n) is 3.22. The van der Waals surface area contributed by atoms with Crippen molar-refractivity contribution in [3.8, 4) is 33.5 Å². The van der Waals surface area contributed by atoms with Gasteiger partial charge in [0.25, 0.3) is 0 Å². The maximum Gasteiger partial charge on any atom is 0.231 e. The summed E-state index contributed by atoms with van der Waals surface area (Å²) >= 11 is 1.59. The first-order chi connectivity index (χ1) is 14.1. The first kappa shape index (κ1) is 19.4. The van der Waals surface area contributed by atoms with E-state index in [1.165, 1.54) is 0 Å². The van der Waals surface area contributed by atoms with Crippen LogP contribution in [0.25, 0.3) is 22.0 Å². The molecule has 0 radical (unpaired) electrons. The van der Waals surface area contributed by atoms with E-state index in [4.69, 9.17) is 14.5 Å². The van der Waals surface area contributed by atoms with Crippen LogP contribution in [0.15, 0.2) is 23.6 Å². The molecule has 1 aliphatic heterocycles. The number of aromatic nitrogens is 3. The summed E-state index contributed by atoms with van der Waals surface area (Å²) in [6, 6.07) is 5.85. The zero-order chi connectivity index (χ0) is 20.2. The minimum Gasteiger partial charge on any atom is -0.454 e. The van der Waals surface area contributed by atoms with Crippen LogP contribution in [0.2, 0.25) is 0 Å². The number of aromatic amines is 1. The summed E-state index contributed by atoms with van der Waals surface area (Å²) in [6.45, 7) is 4.87. The number of rotatable bonds is 8. The molecule has 0 saturated carbocycles. The number of H-pyrrole nitrogens is 1. The number of carbonyl (C=O) groups is 1. The van der Waals surface area contributed by atoms with E-state index in [1.54, 1.807) is 11.3 Å². The van der Waals surface area contributed by atoms with Crippen molar-refractivity contribution < 1.29 is 14.3 Å². The Labute approximate surface area is 173 Å². The van der Waals surface area contributed by atoms with Crippen LogP contribution in [0.4, 0.5) is 0 Å². The molecular formula is C21H24N4O3S. The van der Waals surface area contributed by atoms with Crippen molar-refractivity contribution in [1.29, 1.82) is 0 Å². The quantitative estimate of drug-likeness (QED) is 0.544. The summed E-state index contributed by atoms with van der Waals surface area (Å²) in [4.78, 5) is 24.5. The van der Waals surface area contributed by atoms with Crippen molar-refractivity contribution in [2.45, 2.75) is 39.5 Å². The summed E-state index contributed by atoms with van der Waals surface area (Å²) in [5, 5.41) is 5.89. The number of benzene rings is 1. The first-order valence-electron chi connectivity index (χ1n) is 9.82. The van der Waals surface area contributed by atoms with Gasteiger partial charge in [0.1, 0.15) is 16.5 Å². The van der Waals surface area contributed by atoms with Gasteiger partial charge in [-0.15, -0.1) is 11.3 Å². The molecule has 1 aliphatic rings. The molecule has 2 aromatic heterocycles. The van der Waals surface area contributed by atoms with E-state index in [1.807, 2.05) is 37.4 Å². The Balaban J connectivity index is 1.56. The van der Waals surface area contributed by atoms with Crippen LogP contribution in [0.1, 0.15) is 37.7 Å². The molecule has 3 heterocycles. The van der Waals surface area contributed by atoms with Crippen molar-refractivity contribution in [2.75, 3.05) is 13.3 Å². The van der Waals surface area contributed by atoms with E-state index in [2.05, 4.69) is 15.3 Å². The van der Waals surface area contributed by atoms with Crippen LogP contribution >= 0.6 is 11.3 Å². The number of amides is 1. The van der Waals surface area contributed by atoms with Crippen molar-refractivity contribution in [2.24, 2.45) is 0 Å². The number of ether oxygens (including phenoxy) is 2. The zero-order valence-corrected chi connectivity index (χ0v) is 17.4. The minimum absolute atomic E-state index is 0.104. The lowest BCUT2D eigenvalue weighted by atomic mass is 10.1. The van der Waals surface area contributed by atoms with Gasteiger partial charge in [0.2, 0.25) is 12.7 Å². The van der Waals surface area contributed by atoms with Crippen molar-refractivity contribution in [3.63, 3.8) is 0 Å². The number of fused-ring (bicyclic) bond motifs is 1. The maximum atomic E-state index is 11.6. The van der Waals surface area contributed by atoms with E-state index >= 15 is 0 Å². The highest BCUT2D eigenvalue weighted by molar-refractivity contribution is 7.13. The van der Waals surface area contributed by atoms with Crippen LogP contribution in [-0.2, 0) is 11.2 Å². The van der Waals surface area contributed by atoms with Crippen molar-refractivity contribution in [3.05, 3.63) is 35.1 Å². The molecule has 29 heavy (non-hydrogen) atoms. The number of nitrogens with one attached hydrogen (secondary N) is 2. The third-order valence-corrected chi connectivity index (χ3v) is 5.60. The Morgan fingerprint density at radius 1 is 1.28 bits per heavy atom. The van der Waals surface area contributed by atoms with Gasteiger partial charge in [-0.2, -0.15) is 0 Å². The number of nitrogens with zero attached hydrogens (tertiary/aromatic N) is 2. The molecule has 152 valence electrons. The van der Waals surface area contributed by atoms with Gasteiger partial charge in [-0.25, -0.2) is 9.97 Å². The van der Waals surface area contributed by atoms with Crippen LogP contribution in [0.5, 0.6) is 11.5 Å². The number of hydrogen-bond acceptors (Lipinski definition) is 6. The molecular weight excluding hydrogens is 388 g/mol. The normalized spacial score (nSPS) is 12.3. The van der Waals surface area contributed by atoms with Crippen LogP contribution in [-0.4, -0.2) is 34.2 Å². The Kier molecular flexibility index (Phi) is 5.80. The predicted molar refractivity (Wildman–Crippen MR) is 112 cm³/mol. The number of hydrogen-bond donors (Lipinski definition) is 2. The summed E-state index contributed by atoms with van der Waals surface area (Å²) < 4.78 is 10.9. The Hall–Kier alpha value is -2.87. The van der Waals surface area contributed by atoms with Crippen molar-refractivity contribution >= 4 is 17.2 Å². The van der Waals surface area contributed by atoms with Gasteiger partial charge in [-0.3, -0.25) is 4.79 Å². The summed E-state index contributed by atoms with van der Waals surface area (Å²) in [6.07, 6.45) is 3.00. The lowest BCUT2D eigenvalue weighted by Gasteiger charge is -2.02. The zero-order valence-electron chi connectivity index (χ0n) is 16.6. The molecule has 3 aromatic rings. The van der Waals surface area contributed by atoms with E-state index in [0.717, 1.165) is 64.2 Å². The number of aryl methyl sites for hydroxylation is 2. The Morgan fingerprint density at radius 3 is 2.93 bits per heavy atom. The van der Waals surface area contributed by atoms with E-state index < -0.39 is 0 Å². The highest BCUT2D eigenvalue weighted by Crippen LogP contribution is 2.38. The standard InChI is InChI=1S/C21H24N4O3S/c1-3-5-18(26)22-9-4-6-17-24-19(20(25-17)21-23-13(2)11-29-21)14-7-8-15-16(10-14)28-12-27-15/h7-8,10-11H,3-6,9,12H2,1-2H3,(H,22,26)(H,24,25). The molecule has 0 fully saturated rings. The average molecular weight is 413 g/mol. The van der Waals surface area contributed by atoms with E-state index in [0.29, 0.717) is 13.0 Å². The molecule has 0 atom stereocenters.